The third kappa shape index (κ3) is 4.75. The van der Waals surface area contributed by atoms with Gasteiger partial charge in [-0.2, -0.15) is 5.10 Å². The lowest BCUT2D eigenvalue weighted by atomic mass is 9.73. The van der Waals surface area contributed by atoms with Gasteiger partial charge in [0, 0.05) is 49.4 Å². The molecule has 0 radical (unpaired) electrons. The largest absolute Gasteiger partial charge is 0.493 e. The number of ether oxygens (including phenoxy) is 2. The minimum absolute atomic E-state index is 0.311. The molecule has 0 amide bonds. The molecule has 0 spiro atoms. The standard InChI is InChI=1S/C33H38N4O4/c1-35-17-9-18-37-30-25(26-20-34-36(2)28(26)21-35)13-7-14-27(30)33(22-40-3,31(37)32(38)39)16-8-19-41-29-15-6-11-23-10-4-5-12-24(23)29/h4-7,10-15,20,31H,8-9,16-19,21-22H2,1-3H3,(H,38,39). The maximum absolute atomic E-state index is 13.2. The van der Waals surface area contributed by atoms with E-state index in [-0.39, 0.29) is 0 Å². The zero-order valence-electron chi connectivity index (χ0n) is 24.0. The van der Waals surface area contributed by atoms with Crippen molar-refractivity contribution in [3.05, 3.63) is 78.1 Å². The van der Waals surface area contributed by atoms with Gasteiger partial charge in [0.05, 0.1) is 30.5 Å². The molecule has 214 valence electrons. The fourth-order valence-corrected chi connectivity index (χ4v) is 7.03. The maximum atomic E-state index is 13.2. The summed E-state index contributed by atoms with van der Waals surface area (Å²) in [6.45, 7) is 3.09. The Morgan fingerprint density at radius 2 is 1.85 bits per heavy atom. The smallest absolute Gasteiger partial charge is 0.327 e. The van der Waals surface area contributed by atoms with Crippen molar-refractivity contribution in [2.45, 2.75) is 37.3 Å². The molecule has 2 aliphatic rings. The van der Waals surface area contributed by atoms with Crippen molar-refractivity contribution >= 4 is 22.4 Å². The van der Waals surface area contributed by atoms with Crippen LogP contribution in [0.2, 0.25) is 0 Å². The second-order valence-corrected chi connectivity index (χ2v) is 11.4. The normalized spacial score (nSPS) is 20.6. The second kappa shape index (κ2) is 11.2. The summed E-state index contributed by atoms with van der Waals surface area (Å²) in [7, 11) is 5.76. The van der Waals surface area contributed by atoms with Crippen LogP contribution in [0.5, 0.6) is 5.75 Å². The third-order valence-electron chi connectivity index (χ3n) is 8.82. The van der Waals surface area contributed by atoms with Crippen molar-refractivity contribution in [2.24, 2.45) is 7.05 Å². The minimum Gasteiger partial charge on any atom is -0.493 e. The highest BCUT2D eigenvalue weighted by Gasteiger charge is 2.55. The molecule has 6 rings (SSSR count). The Balaban J connectivity index is 1.38. The zero-order chi connectivity index (χ0) is 28.6. The first kappa shape index (κ1) is 27.3. The Bertz CT molecular complexity index is 1560. The zero-order valence-corrected chi connectivity index (χ0v) is 24.0. The molecular formula is C33H38N4O4. The Labute approximate surface area is 241 Å². The number of fused-ring (bicyclic) bond motifs is 3. The summed E-state index contributed by atoms with van der Waals surface area (Å²) >= 11 is 0. The van der Waals surface area contributed by atoms with E-state index in [9.17, 15) is 9.90 Å². The number of aryl methyl sites for hydroxylation is 1. The van der Waals surface area contributed by atoms with Crippen LogP contribution in [-0.2, 0) is 28.5 Å². The van der Waals surface area contributed by atoms with Crippen molar-refractivity contribution in [2.75, 3.05) is 45.4 Å². The first-order valence-electron chi connectivity index (χ1n) is 14.4. The topological polar surface area (TPSA) is 80.1 Å². The Morgan fingerprint density at radius 1 is 1.05 bits per heavy atom. The third-order valence-corrected chi connectivity index (χ3v) is 8.82. The number of aliphatic carboxylic acids is 1. The number of carboxylic acids is 1. The van der Waals surface area contributed by atoms with Gasteiger partial charge in [0.1, 0.15) is 11.8 Å². The summed E-state index contributed by atoms with van der Waals surface area (Å²) in [5.41, 5.74) is 4.54. The van der Waals surface area contributed by atoms with Gasteiger partial charge in [-0.05, 0) is 49.9 Å². The molecule has 0 bridgehead atoms. The molecule has 4 aromatic rings. The maximum Gasteiger partial charge on any atom is 0.327 e. The number of hydrogen-bond donors (Lipinski definition) is 1. The summed E-state index contributed by atoms with van der Waals surface area (Å²) in [6.07, 6.45) is 4.08. The predicted molar refractivity (Wildman–Crippen MR) is 161 cm³/mol. The van der Waals surface area contributed by atoms with Gasteiger partial charge in [0.2, 0.25) is 0 Å². The van der Waals surface area contributed by atoms with Crippen LogP contribution in [0.1, 0.15) is 30.5 Å². The van der Waals surface area contributed by atoms with Gasteiger partial charge in [0.15, 0.2) is 0 Å². The summed E-state index contributed by atoms with van der Waals surface area (Å²) in [4.78, 5) is 17.6. The van der Waals surface area contributed by atoms with Gasteiger partial charge in [-0.15, -0.1) is 0 Å². The van der Waals surface area contributed by atoms with Gasteiger partial charge >= 0.3 is 5.97 Å². The van der Waals surface area contributed by atoms with Gasteiger partial charge in [-0.3, -0.25) is 4.68 Å². The van der Waals surface area contributed by atoms with E-state index >= 15 is 0 Å². The van der Waals surface area contributed by atoms with Crippen LogP contribution in [0.4, 0.5) is 5.69 Å². The van der Waals surface area contributed by atoms with E-state index in [0.717, 1.165) is 64.1 Å². The predicted octanol–water partition coefficient (Wildman–Crippen LogP) is 5.09. The van der Waals surface area contributed by atoms with E-state index in [1.54, 1.807) is 7.11 Å². The number of anilines is 1. The second-order valence-electron chi connectivity index (χ2n) is 11.4. The molecule has 0 aliphatic carbocycles. The molecule has 0 saturated heterocycles. The molecule has 0 saturated carbocycles. The van der Waals surface area contributed by atoms with Crippen molar-refractivity contribution in [3.8, 4) is 16.9 Å². The summed E-state index contributed by atoms with van der Waals surface area (Å²) in [5.74, 6) is 0.0250. The molecule has 1 N–H and O–H groups in total. The number of benzene rings is 3. The number of hydrogen-bond acceptors (Lipinski definition) is 6. The molecular weight excluding hydrogens is 516 g/mol. The highest BCUT2D eigenvalue weighted by molar-refractivity contribution is 5.93. The van der Waals surface area contributed by atoms with Crippen LogP contribution < -0.4 is 9.64 Å². The fourth-order valence-electron chi connectivity index (χ4n) is 7.03. The van der Waals surface area contributed by atoms with Gasteiger partial charge < -0.3 is 24.4 Å². The number of nitrogens with zero attached hydrogens (tertiary/aromatic N) is 4. The van der Waals surface area contributed by atoms with Crippen molar-refractivity contribution in [3.63, 3.8) is 0 Å². The summed E-state index contributed by atoms with van der Waals surface area (Å²) in [5, 5.41) is 17.6. The lowest BCUT2D eigenvalue weighted by Gasteiger charge is -2.37. The number of rotatable bonds is 8. The Morgan fingerprint density at radius 3 is 2.68 bits per heavy atom. The van der Waals surface area contributed by atoms with Crippen LogP contribution in [0.25, 0.3) is 21.9 Å². The van der Waals surface area contributed by atoms with Gasteiger partial charge in [-0.1, -0.05) is 54.6 Å². The molecule has 8 nitrogen and oxygen atoms in total. The number of carboxylic acid groups (broad SMARTS) is 1. The lowest BCUT2D eigenvalue weighted by molar-refractivity contribution is -0.141. The highest BCUT2D eigenvalue weighted by atomic mass is 16.5. The van der Waals surface area contributed by atoms with Gasteiger partial charge in [0.25, 0.3) is 0 Å². The van der Waals surface area contributed by atoms with Crippen LogP contribution >= 0.6 is 0 Å². The van der Waals surface area contributed by atoms with Crippen LogP contribution in [0, 0.1) is 0 Å². The summed E-state index contributed by atoms with van der Waals surface area (Å²) < 4.78 is 14.1. The first-order chi connectivity index (χ1) is 19.9. The monoisotopic (exact) mass is 554 g/mol. The Hall–Kier alpha value is -3.88. The van der Waals surface area contributed by atoms with E-state index in [1.165, 1.54) is 0 Å². The van der Waals surface area contributed by atoms with Crippen molar-refractivity contribution in [1.29, 1.82) is 0 Å². The molecule has 8 heteroatoms. The molecule has 0 fully saturated rings. The average Bonchev–Trinajstić information content (AvgIpc) is 3.46. The average molecular weight is 555 g/mol. The molecule has 41 heavy (non-hydrogen) atoms. The minimum atomic E-state index is -0.823. The van der Waals surface area contributed by atoms with Crippen molar-refractivity contribution < 1.29 is 19.4 Å². The van der Waals surface area contributed by atoms with Crippen molar-refractivity contribution in [1.82, 2.24) is 14.7 Å². The fraction of sp³-hybridized carbons (Fsp3) is 0.394. The molecule has 2 unspecified atom stereocenters. The van der Waals surface area contributed by atoms with Crippen LogP contribution in [-0.4, -0.2) is 72.3 Å². The number of carbonyl (C=O) groups is 1. The number of aromatic nitrogens is 2. The van der Waals surface area contributed by atoms with Gasteiger partial charge in [-0.25, -0.2) is 4.79 Å². The van der Waals surface area contributed by atoms with Crippen LogP contribution in [0.3, 0.4) is 0 Å². The number of methoxy groups -OCH3 is 1. The van der Waals surface area contributed by atoms with Crippen LogP contribution in [0.15, 0.2) is 66.9 Å². The molecule has 3 aromatic carbocycles. The molecule has 2 atom stereocenters. The van der Waals surface area contributed by atoms with E-state index in [2.05, 4.69) is 58.3 Å². The summed E-state index contributed by atoms with van der Waals surface area (Å²) in [6, 6.07) is 19.8. The molecule has 1 aromatic heterocycles. The van der Waals surface area contributed by atoms with E-state index in [1.807, 2.05) is 42.2 Å². The Kier molecular flexibility index (Phi) is 7.45. The van der Waals surface area contributed by atoms with E-state index < -0.39 is 17.4 Å². The van der Waals surface area contributed by atoms with E-state index in [0.29, 0.717) is 32.6 Å². The molecule has 3 heterocycles. The SMILES string of the molecule is COCC1(CCCOc2cccc3ccccc23)c2cccc3c2N(CCCN(C)Cc2c-3cnn2C)C1C(=O)O. The lowest BCUT2D eigenvalue weighted by Crippen LogP contribution is -2.53. The quantitative estimate of drug-likeness (QED) is 0.304. The molecule has 2 aliphatic heterocycles. The van der Waals surface area contributed by atoms with E-state index in [4.69, 9.17) is 9.47 Å². The first-order valence-corrected chi connectivity index (χ1v) is 14.4. The number of para-hydroxylation sites is 1. The highest BCUT2D eigenvalue weighted by Crippen LogP contribution is 2.53.